The molecule has 0 radical (unpaired) electrons. The third kappa shape index (κ3) is 5.07. The van der Waals surface area contributed by atoms with Gasteiger partial charge in [0.05, 0.1) is 5.02 Å². The third-order valence-corrected chi connectivity index (χ3v) is 4.70. The summed E-state index contributed by atoms with van der Waals surface area (Å²) in [5, 5.41) is -0.405. The molecule has 1 amide bonds. The van der Waals surface area contributed by atoms with Gasteiger partial charge < -0.3 is 4.90 Å². The normalized spacial score (nSPS) is 25.1. The Morgan fingerprint density at radius 1 is 1.36 bits per heavy atom. The number of alkyl halides is 1. The molecule has 6 heteroatoms. The van der Waals surface area contributed by atoms with Crippen LogP contribution in [0.5, 0.6) is 0 Å². The van der Waals surface area contributed by atoms with Crippen LogP contribution < -0.4 is 0 Å². The Labute approximate surface area is 181 Å². The van der Waals surface area contributed by atoms with Crippen molar-refractivity contribution in [3.05, 3.63) is 64.2 Å². The topological polar surface area (TPSA) is 33.2 Å². The van der Waals surface area contributed by atoms with Crippen LogP contribution in [0.2, 0.25) is 5.02 Å². The van der Waals surface area contributed by atoms with Crippen LogP contribution >= 0.6 is 11.6 Å². The largest absolute Gasteiger partial charge is 0.338 e. The zero-order valence-electron chi connectivity index (χ0n) is 23.2. The molecule has 28 heavy (non-hydrogen) atoms. The first-order chi connectivity index (χ1) is 16.3. The summed E-state index contributed by atoms with van der Waals surface area (Å²) >= 11 is 5.70. The number of carbonyl (C=O) groups is 1. The minimum Gasteiger partial charge on any atom is -0.338 e. The molecule has 1 aromatic carbocycles. The van der Waals surface area contributed by atoms with Gasteiger partial charge in [-0.05, 0) is 68.3 Å². The second kappa shape index (κ2) is 8.99. The standard InChI is InChI=1S/C22H25ClF2N2O/c1-2-16-5-7-18(26-15-16)4-3-9-22(25)10-12-27(13-11-22)21(28)17-6-8-20(24)19(23)14-17/h5-8,14-15H,2-4,9-13H2,1H3/i2D2,4D2,12D2,13D2. The van der Waals surface area contributed by atoms with Crippen LogP contribution in [0.25, 0.3) is 0 Å². The predicted octanol–water partition coefficient (Wildman–Crippen LogP) is 5.40. The maximum Gasteiger partial charge on any atom is 0.253 e. The van der Waals surface area contributed by atoms with Crippen LogP contribution in [0.4, 0.5) is 8.78 Å². The molecule has 1 aliphatic rings. The number of halogens is 3. The van der Waals surface area contributed by atoms with Gasteiger partial charge in [0.15, 0.2) is 0 Å². The number of benzene rings is 1. The quantitative estimate of drug-likeness (QED) is 0.633. The first-order valence-electron chi connectivity index (χ1n) is 12.7. The van der Waals surface area contributed by atoms with Crippen molar-refractivity contribution in [2.75, 3.05) is 13.0 Å². The van der Waals surface area contributed by atoms with Gasteiger partial charge in [-0.1, -0.05) is 24.6 Å². The van der Waals surface area contributed by atoms with E-state index in [0.29, 0.717) is 0 Å². The number of rotatable bonds is 6. The Kier molecular flexibility index (Phi) is 4.02. The highest BCUT2D eigenvalue weighted by Crippen LogP contribution is 2.32. The van der Waals surface area contributed by atoms with Crippen molar-refractivity contribution in [1.82, 2.24) is 9.88 Å². The molecule has 1 aliphatic heterocycles. The number of piperidine rings is 1. The molecule has 3 rings (SSSR count). The van der Waals surface area contributed by atoms with Gasteiger partial charge in [-0.3, -0.25) is 9.78 Å². The van der Waals surface area contributed by atoms with E-state index in [2.05, 4.69) is 4.98 Å². The summed E-state index contributed by atoms with van der Waals surface area (Å²) in [5.41, 5.74) is -2.57. The van der Waals surface area contributed by atoms with Crippen LogP contribution in [0.3, 0.4) is 0 Å². The molecule has 1 aromatic heterocycles. The Morgan fingerprint density at radius 2 is 2.11 bits per heavy atom. The number of carbonyl (C=O) groups excluding carboxylic acids is 1. The second-order valence-corrected chi connectivity index (χ2v) is 6.86. The number of likely N-dealkylation sites (tertiary alicyclic amines) is 1. The summed E-state index contributed by atoms with van der Waals surface area (Å²) in [7, 11) is 0. The fraction of sp³-hybridized carbons (Fsp3) is 0.455. The van der Waals surface area contributed by atoms with Crippen molar-refractivity contribution in [3.63, 3.8) is 0 Å². The molecule has 0 spiro atoms. The molecule has 1 fully saturated rings. The Balaban J connectivity index is 1.80. The predicted molar refractivity (Wildman–Crippen MR) is 107 cm³/mol. The van der Waals surface area contributed by atoms with Gasteiger partial charge in [0.1, 0.15) is 11.5 Å². The van der Waals surface area contributed by atoms with E-state index in [-0.39, 0.29) is 21.7 Å². The van der Waals surface area contributed by atoms with E-state index >= 15 is 4.39 Å². The van der Waals surface area contributed by atoms with Crippen molar-refractivity contribution >= 4 is 17.5 Å². The molecule has 2 heterocycles. The summed E-state index contributed by atoms with van der Waals surface area (Å²) in [6, 6.07) is 5.55. The van der Waals surface area contributed by atoms with Crippen molar-refractivity contribution in [2.24, 2.45) is 0 Å². The molecule has 0 aliphatic carbocycles. The zero-order chi connectivity index (χ0) is 27.3. The molecule has 0 bridgehead atoms. The Hall–Kier alpha value is -2.01. The monoisotopic (exact) mass is 414 g/mol. The molecule has 150 valence electrons. The molecule has 3 nitrogen and oxygen atoms in total. The fourth-order valence-corrected chi connectivity index (χ4v) is 2.88. The van der Waals surface area contributed by atoms with E-state index in [0.717, 1.165) is 18.2 Å². The Morgan fingerprint density at radius 3 is 2.71 bits per heavy atom. The van der Waals surface area contributed by atoms with Gasteiger partial charge in [0.2, 0.25) is 0 Å². The highest BCUT2D eigenvalue weighted by atomic mass is 35.5. The van der Waals surface area contributed by atoms with Crippen molar-refractivity contribution in [1.29, 1.82) is 0 Å². The summed E-state index contributed by atoms with van der Waals surface area (Å²) < 4.78 is 94.5. The van der Waals surface area contributed by atoms with Gasteiger partial charge in [-0.2, -0.15) is 0 Å². The minimum absolute atomic E-state index is 0.0640. The van der Waals surface area contributed by atoms with E-state index in [9.17, 15) is 9.18 Å². The molecule has 0 saturated carbocycles. The van der Waals surface area contributed by atoms with E-state index in [4.69, 9.17) is 22.6 Å². The number of hydrogen-bond donors (Lipinski definition) is 0. The van der Waals surface area contributed by atoms with Crippen LogP contribution in [0, 0.1) is 5.82 Å². The highest BCUT2D eigenvalue weighted by Gasteiger charge is 2.35. The summed E-state index contributed by atoms with van der Waals surface area (Å²) in [4.78, 5) is 17.2. The summed E-state index contributed by atoms with van der Waals surface area (Å²) in [5.74, 6) is -1.93. The molecular weight excluding hydrogens is 382 g/mol. The van der Waals surface area contributed by atoms with Crippen LogP contribution in [0.1, 0.15) is 65.2 Å². The van der Waals surface area contributed by atoms with E-state index in [1.807, 2.05) is 0 Å². The van der Waals surface area contributed by atoms with E-state index < -0.39 is 73.8 Å². The van der Waals surface area contributed by atoms with Crippen LogP contribution in [-0.2, 0) is 12.7 Å². The van der Waals surface area contributed by atoms with Gasteiger partial charge in [-0.25, -0.2) is 8.78 Å². The highest BCUT2D eigenvalue weighted by molar-refractivity contribution is 6.31. The number of pyridine rings is 1. The van der Waals surface area contributed by atoms with Crippen LogP contribution in [0.15, 0.2) is 36.5 Å². The SMILES string of the molecule is [2H]C([2H])(C)c1ccc(C([2H])([2H])CCC2(F)CC([2H])([2H])N(C(=O)c3ccc(F)c(Cl)c3)C([2H])([2H])C2)nc1. The molecule has 0 atom stereocenters. The zero-order valence-corrected chi connectivity index (χ0v) is 16.0. The summed E-state index contributed by atoms with van der Waals surface area (Å²) in [6.45, 7) is -4.24. The molecule has 0 N–H and O–H groups in total. The minimum atomic E-state index is -2.78. The first-order valence-corrected chi connectivity index (χ1v) is 9.11. The maximum atomic E-state index is 15.9. The summed E-state index contributed by atoms with van der Waals surface area (Å²) in [6.07, 6.45) is -5.46. The van der Waals surface area contributed by atoms with E-state index in [1.54, 1.807) is 0 Å². The van der Waals surface area contributed by atoms with Crippen molar-refractivity contribution in [3.8, 4) is 0 Å². The van der Waals surface area contributed by atoms with Gasteiger partial charge in [-0.15, -0.1) is 0 Å². The molecule has 0 unspecified atom stereocenters. The fourth-order valence-electron chi connectivity index (χ4n) is 2.70. The van der Waals surface area contributed by atoms with Gasteiger partial charge >= 0.3 is 0 Å². The average Bonchev–Trinajstić information content (AvgIpc) is 2.72. The lowest BCUT2D eigenvalue weighted by Crippen LogP contribution is -2.44. The number of amides is 1. The second-order valence-electron chi connectivity index (χ2n) is 6.45. The lowest BCUT2D eigenvalue weighted by molar-refractivity contribution is 0.0389. The van der Waals surface area contributed by atoms with Crippen molar-refractivity contribution in [2.45, 2.75) is 51.0 Å². The van der Waals surface area contributed by atoms with Gasteiger partial charge in [0.25, 0.3) is 5.91 Å². The molecule has 1 saturated heterocycles. The van der Waals surface area contributed by atoms with Gasteiger partial charge in [0, 0.05) is 41.4 Å². The lowest BCUT2D eigenvalue weighted by Gasteiger charge is -2.36. The average molecular weight is 415 g/mol. The molecule has 2 aromatic rings. The number of nitrogens with zero attached hydrogens (tertiary/aromatic N) is 2. The lowest BCUT2D eigenvalue weighted by atomic mass is 9.87. The van der Waals surface area contributed by atoms with E-state index in [1.165, 1.54) is 25.3 Å². The number of aromatic nitrogens is 1. The maximum absolute atomic E-state index is 15.9. The first kappa shape index (κ1) is 12.5. The number of aryl methyl sites for hydroxylation is 2. The Bertz CT molecular complexity index is 1120. The van der Waals surface area contributed by atoms with Crippen molar-refractivity contribution < 1.29 is 24.5 Å². The third-order valence-electron chi connectivity index (χ3n) is 4.41. The molecular formula is C22H25ClF2N2O. The number of hydrogen-bond acceptors (Lipinski definition) is 2. The smallest absolute Gasteiger partial charge is 0.253 e. The van der Waals surface area contributed by atoms with Crippen LogP contribution in [-0.4, -0.2) is 34.5 Å².